The van der Waals surface area contributed by atoms with Crippen molar-refractivity contribution in [2.75, 3.05) is 18.8 Å². The molecular weight excluding hydrogens is 324 g/mol. The van der Waals surface area contributed by atoms with Crippen LogP contribution in [-0.2, 0) is 19.4 Å². The summed E-state index contributed by atoms with van der Waals surface area (Å²) in [6.45, 7) is 1.64. The second kappa shape index (κ2) is 7.73. The zero-order valence-electron chi connectivity index (χ0n) is 12.6. The lowest BCUT2D eigenvalue weighted by molar-refractivity contribution is -0.137. The summed E-state index contributed by atoms with van der Waals surface area (Å²) in [5, 5.41) is 8.82. The molecule has 1 rings (SSSR count). The van der Waals surface area contributed by atoms with Gasteiger partial charge in [0, 0.05) is 12.1 Å². The van der Waals surface area contributed by atoms with Crippen LogP contribution in [0.2, 0.25) is 0 Å². The molecule has 1 aromatic carbocycles. The molecule has 1 aromatic rings. The maximum absolute atomic E-state index is 12.2. The summed E-state index contributed by atoms with van der Waals surface area (Å²) < 4.78 is 23.7. The molecular formula is C14H18N2O6S. The van der Waals surface area contributed by atoms with Gasteiger partial charge >= 0.3 is 5.97 Å². The van der Waals surface area contributed by atoms with E-state index in [0.717, 1.165) is 4.90 Å². The fourth-order valence-electron chi connectivity index (χ4n) is 1.94. The molecule has 0 aliphatic carbocycles. The number of carbonyl (C=O) groups is 3. The SMILES string of the molecule is CCCN(CC(=O)O)C(=O)c1ccc(S(=O)(=O)CC(N)=O)cc1. The first kappa shape index (κ1) is 18.6. The Hall–Kier alpha value is -2.42. The Balaban J connectivity index is 3.00. The normalized spacial score (nSPS) is 11.0. The van der Waals surface area contributed by atoms with E-state index in [4.69, 9.17) is 10.8 Å². The molecule has 0 aliphatic heterocycles. The summed E-state index contributed by atoms with van der Waals surface area (Å²) in [6.07, 6.45) is 0.587. The van der Waals surface area contributed by atoms with Gasteiger partial charge in [-0.3, -0.25) is 14.4 Å². The van der Waals surface area contributed by atoms with E-state index in [1.807, 2.05) is 6.92 Å². The third-order valence-electron chi connectivity index (χ3n) is 2.90. The van der Waals surface area contributed by atoms with Gasteiger partial charge in [0.05, 0.1) is 4.90 Å². The number of carbonyl (C=O) groups excluding carboxylic acids is 2. The Morgan fingerprint density at radius 3 is 2.17 bits per heavy atom. The van der Waals surface area contributed by atoms with E-state index in [9.17, 15) is 22.8 Å². The van der Waals surface area contributed by atoms with Crippen molar-refractivity contribution in [2.45, 2.75) is 18.2 Å². The lowest BCUT2D eigenvalue weighted by atomic mass is 10.2. The van der Waals surface area contributed by atoms with Gasteiger partial charge in [0.15, 0.2) is 9.84 Å². The molecule has 0 atom stereocenters. The number of aliphatic carboxylic acids is 1. The molecule has 23 heavy (non-hydrogen) atoms. The molecule has 0 unspecified atom stereocenters. The molecule has 0 fully saturated rings. The molecule has 0 radical (unpaired) electrons. The second-order valence-corrected chi connectivity index (χ2v) is 6.86. The van der Waals surface area contributed by atoms with Gasteiger partial charge in [0.25, 0.3) is 5.91 Å². The number of hydrogen-bond donors (Lipinski definition) is 2. The van der Waals surface area contributed by atoms with Crippen molar-refractivity contribution < 1.29 is 27.9 Å². The van der Waals surface area contributed by atoms with Crippen LogP contribution in [0, 0.1) is 0 Å². The Morgan fingerprint density at radius 2 is 1.74 bits per heavy atom. The average Bonchev–Trinajstić information content (AvgIpc) is 2.44. The van der Waals surface area contributed by atoms with Crippen LogP contribution in [0.3, 0.4) is 0 Å². The monoisotopic (exact) mass is 342 g/mol. The Morgan fingerprint density at radius 1 is 1.17 bits per heavy atom. The maximum atomic E-state index is 12.2. The molecule has 0 aliphatic rings. The van der Waals surface area contributed by atoms with Crippen molar-refractivity contribution in [2.24, 2.45) is 5.73 Å². The van der Waals surface area contributed by atoms with Crippen LogP contribution < -0.4 is 5.73 Å². The lowest BCUT2D eigenvalue weighted by Crippen LogP contribution is -2.36. The van der Waals surface area contributed by atoms with Gasteiger partial charge in [-0.25, -0.2) is 8.42 Å². The van der Waals surface area contributed by atoms with Gasteiger partial charge in [0.2, 0.25) is 5.91 Å². The van der Waals surface area contributed by atoms with E-state index in [1.165, 1.54) is 24.3 Å². The van der Waals surface area contributed by atoms with Crippen LogP contribution in [-0.4, -0.2) is 55.1 Å². The molecule has 0 saturated heterocycles. The van der Waals surface area contributed by atoms with E-state index < -0.39 is 39.9 Å². The summed E-state index contributed by atoms with van der Waals surface area (Å²) in [7, 11) is -3.85. The summed E-state index contributed by atoms with van der Waals surface area (Å²) in [5.74, 6) is -3.43. The number of sulfone groups is 1. The molecule has 9 heteroatoms. The number of primary amides is 1. The molecule has 3 N–H and O–H groups in total. The number of hydrogen-bond acceptors (Lipinski definition) is 5. The van der Waals surface area contributed by atoms with Crippen LogP contribution in [0.1, 0.15) is 23.7 Å². The van der Waals surface area contributed by atoms with Crippen molar-refractivity contribution in [1.29, 1.82) is 0 Å². The number of nitrogens with zero attached hydrogens (tertiary/aromatic N) is 1. The number of benzene rings is 1. The predicted octanol–water partition coefficient (Wildman–Crippen LogP) is -0.118. The van der Waals surface area contributed by atoms with Gasteiger partial charge in [-0.05, 0) is 30.7 Å². The number of amides is 2. The number of carboxylic acid groups (broad SMARTS) is 1. The van der Waals surface area contributed by atoms with E-state index in [-0.39, 0.29) is 17.0 Å². The largest absolute Gasteiger partial charge is 0.480 e. The summed E-state index contributed by atoms with van der Waals surface area (Å²) >= 11 is 0. The lowest BCUT2D eigenvalue weighted by Gasteiger charge is -2.20. The first-order valence-corrected chi connectivity index (χ1v) is 8.44. The quantitative estimate of drug-likeness (QED) is 0.676. The Labute approximate surface area is 133 Å². The van der Waals surface area contributed by atoms with Gasteiger partial charge in [-0.2, -0.15) is 0 Å². The first-order chi connectivity index (χ1) is 10.7. The van der Waals surface area contributed by atoms with Gasteiger partial charge in [-0.15, -0.1) is 0 Å². The van der Waals surface area contributed by atoms with E-state index in [1.54, 1.807) is 0 Å². The molecule has 2 amide bonds. The average molecular weight is 342 g/mol. The molecule has 0 aromatic heterocycles. The number of rotatable bonds is 8. The van der Waals surface area contributed by atoms with Crippen LogP contribution >= 0.6 is 0 Å². The highest BCUT2D eigenvalue weighted by Crippen LogP contribution is 2.14. The smallest absolute Gasteiger partial charge is 0.323 e. The van der Waals surface area contributed by atoms with Crippen LogP contribution in [0.25, 0.3) is 0 Å². The predicted molar refractivity (Wildman–Crippen MR) is 81.5 cm³/mol. The summed E-state index contributed by atoms with van der Waals surface area (Å²) in [6, 6.07) is 4.94. The number of carboxylic acids is 1. The fourth-order valence-corrected chi connectivity index (χ4v) is 3.04. The van der Waals surface area contributed by atoms with E-state index >= 15 is 0 Å². The Kier molecular flexibility index (Phi) is 6.26. The van der Waals surface area contributed by atoms with Crippen molar-refractivity contribution in [3.8, 4) is 0 Å². The number of nitrogens with two attached hydrogens (primary N) is 1. The van der Waals surface area contributed by atoms with Crippen LogP contribution in [0.15, 0.2) is 29.2 Å². The van der Waals surface area contributed by atoms with E-state index in [0.29, 0.717) is 6.42 Å². The standard InChI is InChI=1S/C14H18N2O6S/c1-2-7-16(8-13(18)19)14(20)10-3-5-11(6-4-10)23(21,22)9-12(15)17/h3-6H,2,7-9H2,1H3,(H2,15,17)(H,18,19). The van der Waals surface area contributed by atoms with Gasteiger partial charge in [-0.1, -0.05) is 6.92 Å². The molecule has 0 heterocycles. The molecule has 0 saturated carbocycles. The fraction of sp³-hybridized carbons (Fsp3) is 0.357. The highest BCUT2D eigenvalue weighted by atomic mass is 32.2. The van der Waals surface area contributed by atoms with Crippen molar-refractivity contribution >= 4 is 27.6 Å². The highest BCUT2D eigenvalue weighted by Gasteiger charge is 2.20. The Bertz CT molecular complexity index is 696. The molecule has 8 nitrogen and oxygen atoms in total. The minimum absolute atomic E-state index is 0.131. The van der Waals surface area contributed by atoms with Crippen LogP contribution in [0.5, 0.6) is 0 Å². The summed E-state index contributed by atoms with van der Waals surface area (Å²) in [5.41, 5.74) is 5.04. The van der Waals surface area contributed by atoms with Crippen molar-refractivity contribution in [1.82, 2.24) is 4.90 Å². The van der Waals surface area contributed by atoms with Gasteiger partial charge < -0.3 is 15.7 Å². The molecule has 126 valence electrons. The zero-order valence-corrected chi connectivity index (χ0v) is 13.4. The minimum atomic E-state index is -3.85. The van der Waals surface area contributed by atoms with Crippen LogP contribution in [0.4, 0.5) is 0 Å². The second-order valence-electron chi connectivity index (χ2n) is 4.87. The van der Waals surface area contributed by atoms with E-state index in [2.05, 4.69) is 0 Å². The third kappa shape index (κ3) is 5.37. The molecule has 0 spiro atoms. The van der Waals surface area contributed by atoms with Crippen molar-refractivity contribution in [3.63, 3.8) is 0 Å². The van der Waals surface area contributed by atoms with Gasteiger partial charge in [0.1, 0.15) is 12.3 Å². The topological polar surface area (TPSA) is 135 Å². The minimum Gasteiger partial charge on any atom is -0.480 e. The highest BCUT2D eigenvalue weighted by molar-refractivity contribution is 7.92. The third-order valence-corrected chi connectivity index (χ3v) is 4.55. The first-order valence-electron chi connectivity index (χ1n) is 6.79. The maximum Gasteiger partial charge on any atom is 0.323 e. The van der Waals surface area contributed by atoms with Crippen molar-refractivity contribution in [3.05, 3.63) is 29.8 Å². The molecule has 0 bridgehead atoms. The zero-order chi connectivity index (χ0) is 17.6. The summed E-state index contributed by atoms with van der Waals surface area (Å²) in [4.78, 5) is 34.8.